The lowest BCUT2D eigenvalue weighted by Crippen LogP contribution is -2.18. The summed E-state index contributed by atoms with van der Waals surface area (Å²) in [6.45, 7) is 7.87. The summed E-state index contributed by atoms with van der Waals surface area (Å²) >= 11 is 0. The minimum atomic E-state index is -3.57. The maximum absolute atomic E-state index is 13.2. The topological polar surface area (TPSA) is 107 Å². The summed E-state index contributed by atoms with van der Waals surface area (Å²) in [5.74, 6) is 0.960. The predicted octanol–water partition coefficient (Wildman–Crippen LogP) is 5.11. The quantitative estimate of drug-likeness (QED) is 0.484. The SMILES string of the molecule is COc1c(NC(=O)c2ccc(C)c(Oc3ccncc3)c2)cc(C(C)(C)C)cc1NS(C)(=O)=O. The molecule has 0 fully saturated rings. The average molecular weight is 484 g/mol. The van der Waals surface area contributed by atoms with Crippen LogP contribution in [0.15, 0.2) is 54.9 Å². The van der Waals surface area contributed by atoms with Crippen LogP contribution in [0.3, 0.4) is 0 Å². The molecule has 0 aliphatic rings. The van der Waals surface area contributed by atoms with E-state index in [0.29, 0.717) is 22.7 Å². The monoisotopic (exact) mass is 483 g/mol. The summed E-state index contributed by atoms with van der Waals surface area (Å²) < 4.78 is 37.7. The average Bonchev–Trinajstić information content (AvgIpc) is 2.74. The van der Waals surface area contributed by atoms with E-state index in [9.17, 15) is 13.2 Å². The van der Waals surface area contributed by atoms with E-state index in [4.69, 9.17) is 9.47 Å². The van der Waals surface area contributed by atoms with Crippen molar-refractivity contribution in [1.82, 2.24) is 4.98 Å². The predicted molar refractivity (Wildman–Crippen MR) is 134 cm³/mol. The first kappa shape index (κ1) is 25.0. The molecule has 0 aliphatic heterocycles. The van der Waals surface area contributed by atoms with Crippen molar-refractivity contribution in [2.24, 2.45) is 0 Å². The number of aryl methyl sites for hydroxylation is 1. The zero-order chi connectivity index (χ0) is 25.1. The number of hydrogen-bond donors (Lipinski definition) is 2. The molecule has 3 rings (SSSR count). The third-order valence-electron chi connectivity index (χ3n) is 5.03. The molecule has 0 spiro atoms. The Bertz CT molecular complexity index is 1300. The van der Waals surface area contributed by atoms with Crippen LogP contribution >= 0.6 is 0 Å². The molecule has 8 nitrogen and oxygen atoms in total. The fourth-order valence-electron chi connectivity index (χ4n) is 3.23. The summed E-state index contributed by atoms with van der Waals surface area (Å²) in [6, 6.07) is 12.1. The Morgan fingerprint density at radius 1 is 1.00 bits per heavy atom. The number of sulfonamides is 1. The summed E-state index contributed by atoms with van der Waals surface area (Å²) in [6.07, 6.45) is 4.31. The number of rotatable bonds is 7. The van der Waals surface area contributed by atoms with E-state index >= 15 is 0 Å². The lowest BCUT2D eigenvalue weighted by Gasteiger charge is -2.24. The second kappa shape index (κ2) is 9.72. The zero-order valence-electron chi connectivity index (χ0n) is 20.1. The van der Waals surface area contributed by atoms with Crippen LogP contribution in [0.5, 0.6) is 17.2 Å². The Morgan fingerprint density at radius 3 is 2.24 bits per heavy atom. The Kier molecular flexibility index (Phi) is 7.16. The molecule has 1 aromatic heterocycles. The molecule has 34 heavy (non-hydrogen) atoms. The van der Waals surface area contributed by atoms with Gasteiger partial charge in [-0.3, -0.25) is 14.5 Å². The van der Waals surface area contributed by atoms with Crippen molar-refractivity contribution in [3.8, 4) is 17.2 Å². The van der Waals surface area contributed by atoms with Gasteiger partial charge in [0.2, 0.25) is 10.0 Å². The van der Waals surface area contributed by atoms with E-state index in [0.717, 1.165) is 17.4 Å². The number of anilines is 2. The molecule has 1 heterocycles. The fraction of sp³-hybridized carbons (Fsp3) is 0.280. The fourth-order valence-corrected chi connectivity index (χ4v) is 3.78. The second-order valence-electron chi connectivity index (χ2n) is 8.95. The number of nitrogens with one attached hydrogen (secondary N) is 2. The standard InChI is InChI=1S/C25H29N3O5S/c1-16-7-8-17(13-22(16)33-19-9-11-26-12-10-19)24(29)27-20-14-18(25(2,3)4)15-21(23(20)32-5)28-34(6,30)31/h7-15,28H,1-6H3,(H,27,29). The smallest absolute Gasteiger partial charge is 0.255 e. The van der Waals surface area contributed by atoms with Gasteiger partial charge in [-0.1, -0.05) is 26.8 Å². The Labute approximate surface area is 200 Å². The van der Waals surface area contributed by atoms with E-state index < -0.39 is 15.9 Å². The van der Waals surface area contributed by atoms with Gasteiger partial charge in [-0.2, -0.15) is 0 Å². The van der Waals surface area contributed by atoms with E-state index in [1.165, 1.54) is 7.11 Å². The maximum Gasteiger partial charge on any atom is 0.255 e. The molecule has 180 valence electrons. The normalized spacial score (nSPS) is 11.6. The second-order valence-corrected chi connectivity index (χ2v) is 10.7. The highest BCUT2D eigenvalue weighted by Gasteiger charge is 2.22. The van der Waals surface area contributed by atoms with Crippen LogP contribution in [0.1, 0.15) is 42.3 Å². The third-order valence-corrected chi connectivity index (χ3v) is 5.62. The summed E-state index contributed by atoms with van der Waals surface area (Å²) in [5, 5.41) is 2.86. The molecule has 3 aromatic rings. The van der Waals surface area contributed by atoms with Crippen LogP contribution in [-0.2, 0) is 15.4 Å². The van der Waals surface area contributed by atoms with Crippen LogP contribution in [-0.4, -0.2) is 32.7 Å². The molecule has 2 N–H and O–H groups in total. The summed E-state index contributed by atoms with van der Waals surface area (Å²) in [4.78, 5) is 17.2. The first-order chi connectivity index (χ1) is 15.9. The Morgan fingerprint density at radius 2 is 1.65 bits per heavy atom. The number of carbonyl (C=O) groups is 1. The van der Waals surface area contributed by atoms with Crippen LogP contribution in [0.4, 0.5) is 11.4 Å². The van der Waals surface area contributed by atoms with Gasteiger partial charge in [0.15, 0.2) is 5.75 Å². The van der Waals surface area contributed by atoms with Gasteiger partial charge in [-0.25, -0.2) is 8.42 Å². The van der Waals surface area contributed by atoms with Gasteiger partial charge in [0.25, 0.3) is 5.91 Å². The van der Waals surface area contributed by atoms with Crippen molar-refractivity contribution in [1.29, 1.82) is 0 Å². The Balaban J connectivity index is 1.99. The van der Waals surface area contributed by atoms with Gasteiger partial charge in [-0.15, -0.1) is 0 Å². The molecule has 9 heteroatoms. The third kappa shape index (κ3) is 6.26. The minimum absolute atomic E-state index is 0.215. The van der Waals surface area contributed by atoms with E-state index in [1.54, 1.807) is 54.9 Å². The first-order valence-corrected chi connectivity index (χ1v) is 12.5. The molecule has 0 atom stereocenters. The highest BCUT2D eigenvalue weighted by atomic mass is 32.2. The number of aromatic nitrogens is 1. The molecule has 0 saturated heterocycles. The van der Waals surface area contributed by atoms with Gasteiger partial charge in [-0.05, 0) is 59.9 Å². The van der Waals surface area contributed by atoms with E-state index in [1.807, 2.05) is 27.7 Å². The molecule has 2 aromatic carbocycles. The summed E-state index contributed by atoms with van der Waals surface area (Å²) in [5.41, 5.74) is 2.34. The van der Waals surface area contributed by atoms with Gasteiger partial charge >= 0.3 is 0 Å². The van der Waals surface area contributed by atoms with Crippen molar-refractivity contribution in [2.45, 2.75) is 33.1 Å². The largest absolute Gasteiger partial charge is 0.492 e. The van der Waals surface area contributed by atoms with Gasteiger partial charge in [0.05, 0.1) is 24.7 Å². The van der Waals surface area contributed by atoms with Crippen LogP contribution in [0.2, 0.25) is 0 Å². The van der Waals surface area contributed by atoms with Crippen LogP contribution < -0.4 is 19.5 Å². The number of nitrogens with zero attached hydrogens (tertiary/aromatic N) is 1. The number of pyridine rings is 1. The van der Waals surface area contributed by atoms with Crippen molar-refractivity contribution in [3.63, 3.8) is 0 Å². The molecule has 0 bridgehead atoms. The van der Waals surface area contributed by atoms with Gasteiger partial charge < -0.3 is 14.8 Å². The highest BCUT2D eigenvalue weighted by Crippen LogP contribution is 2.39. The maximum atomic E-state index is 13.2. The number of benzene rings is 2. The molecular formula is C25H29N3O5S. The molecule has 0 unspecified atom stereocenters. The highest BCUT2D eigenvalue weighted by molar-refractivity contribution is 7.92. The zero-order valence-corrected chi connectivity index (χ0v) is 20.9. The van der Waals surface area contributed by atoms with E-state index in [-0.39, 0.29) is 16.9 Å². The van der Waals surface area contributed by atoms with Crippen molar-refractivity contribution >= 4 is 27.3 Å². The molecule has 0 aliphatic carbocycles. The number of ether oxygens (including phenoxy) is 2. The van der Waals surface area contributed by atoms with Crippen molar-refractivity contribution < 1.29 is 22.7 Å². The lowest BCUT2D eigenvalue weighted by atomic mass is 9.86. The lowest BCUT2D eigenvalue weighted by molar-refractivity contribution is 0.102. The molecule has 1 amide bonds. The first-order valence-electron chi connectivity index (χ1n) is 10.6. The Hall–Kier alpha value is -3.59. The van der Waals surface area contributed by atoms with Crippen LogP contribution in [0.25, 0.3) is 0 Å². The van der Waals surface area contributed by atoms with Gasteiger partial charge in [0.1, 0.15) is 11.5 Å². The molecule has 0 radical (unpaired) electrons. The van der Waals surface area contributed by atoms with Crippen molar-refractivity contribution in [2.75, 3.05) is 23.4 Å². The van der Waals surface area contributed by atoms with Crippen molar-refractivity contribution in [3.05, 3.63) is 71.5 Å². The number of amides is 1. The number of carbonyl (C=O) groups excluding carboxylic acids is 1. The van der Waals surface area contributed by atoms with Crippen LogP contribution in [0, 0.1) is 6.92 Å². The van der Waals surface area contributed by atoms with E-state index in [2.05, 4.69) is 15.0 Å². The number of methoxy groups -OCH3 is 1. The molecular weight excluding hydrogens is 454 g/mol. The van der Waals surface area contributed by atoms with Gasteiger partial charge in [0, 0.05) is 18.0 Å². The summed E-state index contributed by atoms with van der Waals surface area (Å²) in [7, 11) is -2.15. The molecule has 0 saturated carbocycles. The minimum Gasteiger partial charge on any atom is -0.492 e. The number of hydrogen-bond acceptors (Lipinski definition) is 6.